The van der Waals surface area contributed by atoms with Gasteiger partial charge in [-0.2, -0.15) is 13.2 Å². The summed E-state index contributed by atoms with van der Waals surface area (Å²) in [6, 6.07) is 0. The summed E-state index contributed by atoms with van der Waals surface area (Å²) in [6.45, 7) is 0.758. The first-order valence-electron chi connectivity index (χ1n) is 6.82. The van der Waals surface area contributed by atoms with Gasteiger partial charge in [-0.15, -0.1) is 0 Å². The lowest BCUT2D eigenvalue weighted by Gasteiger charge is -2.34. The van der Waals surface area contributed by atoms with Crippen LogP contribution in [-0.2, 0) is 12.8 Å². The molecule has 0 bridgehead atoms. The molecule has 3 nitrogen and oxygen atoms in total. The van der Waals surface area contributed by atoms with Crippen LogP contribution < -0.4 is 4.90 Å². The monoisotopic (exact) mass is 305 g/mol. The average Bonchev–Trinajstić information content (AvgIpc) is 2.85. The van der Waals surface area contributed by atoms with Crippen molar-refractivity contribution >= 4 is 17.4 Å². The van der Waals surface area contributed by atoms with Crippen LogP contribution in [-0.4, -0.2) is 29.2 Å². The molecule has 0 unspecified atom stereocenters. The van der Waals surface area contributed by atoms with E-state index in [1.165, 1.54) is 0 Å². The number of fused-ring (bicyclic) bond motifs is 1. The third-order valence-corrected chi connectivity index (χ3v) is 4.31. The maximum Gasteiger partial charge on any atom is 0.391 e. The number of piperidine rings is 1. The molecule has 3 rings (SSSR count). The van der Waals surface area contributed by atoms with Crippen LogP contribution in [0.15, 0.2) is 0 Å². The van der Waals surface area contributed by atoms with Crippen molar-refractivity contribution in [2.24, 2.45) is 5.92 Å². The first-order chi connectivity index (χ1) is 9.45. The first kappa shape index (κ1) is 13.9. The second kappa shape index (κ2) is 5.06. The lowest BCUT2D eigenvalue weighted by molar-refractivity contribution is -0.179. The van der Waals surface area contributed by atoms with Crippen molar-refractivity contribution in [1.29, 1.82) is 0 Å². The van der Waals surface area contributed by atoms with Crippen LogP contribution in [0.5, 0.6) is 0 Å². The van der Waals surface area contributed by atoms with Crippen molar-refractivity contribution in [3.63, 3.8) is 0 Å². The van der Waals surface area contributed by atoms with Crippen molar-refractivity contribution < 1.29 is 13.2 Å². The van der Waals surface area contributed by atoms with Crippen LogP contribution in [0.25, 0.3) is 0 Å². The van der Waals surface area contributed by atoms with Gasteiger partial charge in [-0.25, -0.2) is 9.97 Å². The lowest BCUT2D eigenvalue weighted by atomic mass is 9.96. The number of halogens is 4. The molecule has 0 aromatic carbocycles. The van der Waals surface area contributed by atoms with Crippen LogP contribution in [0.2, 0.25) is 5.28 Å². The lowest BCUT2D eigenvalue weighted by Crippen LogP contribution is -2.39. The Morgan fingerprint density at radius 3 is 2.45 bits per heavy atom. The average molecular weight is 306 g/mol. The van der Waals surface area contributed by atoms with Gasteiger partial charge in [0.1, 0.15) is 5.82 Å². The van der Waals surface area contributed by atoms with Gasteiger partial charge in [-0.1, -0.05) is 0 Å². The molecule has 0 saturated carbocycles. The molecular weight excluding hydrogens is 291 g/mol. The van der Waals surface area contributed by atoms with Gasteiger partial charge < -0.3 is 4.90 Å². The molecule has 1 aromatic heterocycles. The number of aryl methyl sites for hydroxylation is 1. The van der Waals surface area contributed by atoms with Crippen molar-refractivity contribution in [3.05, 3.63) is 16.5 Å². The summed E-state index contributed by atoms with van der Waals surface area (Å²) in [7, 11) is 0. The standard InChI is InChI=1S/C13H15ClF3N3/c14-12-18-10-3-1-2-9(10)11(19-12)20-6-4-8(5-7-20)13(15,16)17/h8H,1-7H2. The zero-order chi connectivity index (χ0) is 14.3. The molecule has 1 saturated heterocycles. The molecule has 0 amide bonds. The van der Waals surface area contributed by atoms with E-state index in [4.69, 9.17) is 11.6 Å². The van der Waals surface area contributed by atoms with Crippen molar-refractivity contribution in [2.45, 2.75) is 38.3 Å². The minimum atomic E-state index is -4.09. The molecule has 20 heavy (non-hydrogen) atoms. The maximum absolute atomic E-state index is 12.7. The zero-order valence-electron chi connectivity index (χ0n) is 10.9. The Labute approximate surface area is 120 Å². The number of hydrogen-bond acceptors (Lipinski definition) is 3. The summed E-state index contributed by atoms with van der Waals surface area (Å²) >= 11 is 5.92. The van der Waals surface area contributed by atoms with Gasteiger partial charge in [-0.05, 0) is 43.7 Å². The van der Waals surface area contributed by atoms with E-state index in [2.05, 4.69) is 9.97 Å². The summed E-state index contributed by atoms with van der Waals surface area (Å²) in [5, 5.41) is 0.193. The van der Waals surface area contributed by atoms with Crippen molar-refractivity contribution in [2.75, 3.05) is 18.0 Å². The largest absolute Gasteiger partial charge is 0.391 e. The number of anilines is 1. The molecule has 0 spiro atoms. The van der Waals surface area contributed by atoms with Crippen molar-refractivity contribution in [1.82, 2.24) is 9.97 Å². The Bertz CT molecular complexity index is 510. The Morgan fingerprint density at radius 1 is 1.10 bits per heavy atom. The van der Waals surface area contributed by atoms with Gasteiger partial charge in [0.15, 0.2) is 0 Å². The summed E-state index contributed by atoms with van der Waals surface area (Å²) in [5.41, 5.74) is 2.03. The quantitative estimate of drug-likeness (QED) is 0.745. The minimum Gasteiger partial charge on any atom is -0.356 e. The Hall–Kier alpha value is -1.04. The Balaban J connectivity index is 1.79. The Morgan fingerprint density at radius 2 is 1.80 bits per heavy atom. The predicted octanol–water partition coefficient (Wildman–Crippen LogP) is 3.40. The highest BCUT2D eigenvalue weighted by Crippen LogP contribution is 2.37. The fraction of sp³-hybridized carbons (Fsp3) is 0.692. The molecule has 7 heteroatoms. The molecule has 0 atom stereocenters. The summed E-state index contributed by atoms with van der Waals surface area (Å²) in [6.07, 6.45) is -1.06. The topological polar surface area (TPSA) is 29.0 Å². The molecular formula is C13H15ClF3N3. The smallest absolute Gasteiger partial charge is 0.356 e. The number of nitrogens with zero attached hydrogens (tertiary/aromatic N) is 3. The summed E-state index contributed by atoms with van der Waals surface area (Å²) in [4.78, 5) is 10.4. The summed E-state index contributed by atoms with van der Waals surface area (Å²) < 4.78 is 38.1. The number of hydrogen-bond donors (Lipinski definition) is 0. The number of rotatable bonds is 1. The second-order valence-corrected chi connectivity index (χ2v) is 5.74. The zero-order valence-corrected chi connectivity index (χ0v) is 11.6. The number of alkyl halides is 3. The Kier molecular flexibility index (Phi) is 3.52. The van der Waals surface area contributed by atoms with E-state index in [0.29, 0.717) is 13.1 Å². The highest BCUT2D eigenvalue weighted by atomic mass is 35.5. The van der Waals surface area contributed by atoms with Gasteiger partial charge in [0, 0.05) is 18.7 Å². The summed E-state index contributed by atoms with van der Waals surface area (Å²) in [5.74, 6) is -0.442. The molecule has 1 aliphatic carbocycles. The highest BCUT2D eigenvalue weighted by Gasteiger charge is 2.41. The SMILES string of the molecule is FC(F)(F)C1CCN(c2nc(Cl)nc3c2CCC3)CC1. The molecule has 1 aromatic rings. The highest BCUT2D eigenvalue weighted by molar-refractivity contribution is 6.28. The third-order valence-electron chi connectivity index (χ3n) is 4.14. The van der Waals surface area contributed by atoms with Gasteiger partial charge in [0.25, 0.3) is 0 Å². The van der Waals surface area contributed by atoms with E-state index in [0.717, 1.165) is 36.3 Å². The van der Waals surface area contributed by atoms with Crippen molar-refractivity contribution in [3.8, 4) is 0 Å². The fourth-order valence-electron chi connectivity index (χ4n) is 3.06. The first-order valence-corrected chi connectivity index (χ1v) is 7.20. The van der Waals surface area contributed by atoms with Crippen LogP contribution in [0.3, 0.4) is 0 Å². The fourth-order valence-corrected chi connectivity index (χ4v) is 3.25. The molecule has 2 heterocycles. The van der Waals surface area contributed by atoms with Gasteiger partial charge in [-0.3, -0.25) is 0 Å². The molecule has 0 N–H and O–H groups in total. The normalized spacial score (nSPS) is 20.3. The molecule has 0 radical (unpaired) electrons. The van der Waals surface area contributed by atoms with Gasteiger partial charge >= 0.3 is 6.18 Å². The van der Waals surface area contributed by atoms with Gasteiger partial charge in [0.2, 0.25) is 5.28 Å². The minimum absolute atomic E-state index is 0.125. The van der Waals surface area contributed by atoms with E-state index >= 15 is 0 Å². The van der Waals surface area contributed by atoms with Gasteiger partial charge in [0.05, 0.1) is 11.6 Å². The molecule has 110 valence electrons. The predicted molar refractivity (Wildman–Crippen MR) is 70.1 cm³/mol. The van der Waals surface area contributed by atoms with Crippen LogP contribution >= 0.6 is 11.6 Å². The van der Waals surface area contributed by atoms with E-state index in [-0.39, 0.29) is 18.1 Å². The number of aromatic nitrogens is 2. The van der Waals surface area contributed by atoms with Crippen LogP contribution in [0, 0.1) is 5.92 Å². The van der Waals surface area contributed by atoms with Crippen LogP contribution in [0.1, 0.15) is 30.5 Å². The third kappa shape index (κ3) is 2.57. The molecule has 2 aliphatic rings. The maximum atomic E-state index is 12.7. The van der Waals surface area contributed by atoms with E-state index in [1.54, 1.807) is 0 Å². The van der Waals surface area contributed by atoms with E-state index in [1.807, 2.05) is 4.90 Å². The van der Waals surface area contributed by atoms with Crippen LogP contribution in [0.4, 0.5) is 19.0 Å². The molecule has 1 fully saturated rings. The second-order valence-electron chi connectivity index (χ2n) is 5.40. The van der Waals surface area contributed by atoms with E-state index < -0.39 is 12.1 Å². The molecule has 1 aliphatic heterocycles. The van der Waals surface area contributed by atoms with E-state index in [9.17, 15) is 13.2 Å².